The molecular formula is C18H26N4O5S. The zero-order valence-electron chi connectivity index (χ0n) is 16.7. The Kier molecular flexibility index (Phi) is 7.94. The van der Waals surface area contributed by atoms with Crippen molar-refractivity contribution in [2.24, 2.45) is 0 Å². The number of hydrogen-bond donors (Lipinski definition) is 2. The van der Waals surface area contributed by atoms with Gasteiger partial charge in [0.25, 0.3) is 0 Å². The van der Waals surface area contributed by atoms with Crippen LogP contribution in [0.1, 0.15) is 27.2 Å². The van der Waals surface area contributed by atoms with Gasteiger partial charge in [-0.1, -0.05) is 0 Å². The summed E-state index contributed by atoms with van der Waals surface area (Å²) in [6.45, 7) is 6.50. The minimum Gasteiger partial charge on any atom is -0.493 e. The highest BCUT2D eigenvalue weighted by Crippen LogP contribution is 2.34. The highest BCUT2D eigenvalue weighted by molar-refractivity contribution is 7.96. The molecule has 9 nitrogen and oxygen atoms in total. The summed E-state index contributed by atoms with van der Waals surface area (Å²) in [5.74, 6) is 1.66. The van der Waals surface area contributed by atoms with E-state index in [0.717, 1.165) is 17.5 Å². The van der Waals surface area contributed by atoms with Crippen LogP contribution in [0.5, 0.6) is 17.4 Å². The van der Waals surface area contributed by atoms with Gasteiger partial charge in [-0.05, 0) is 33.3 Å². The van der Waals surface area contributed by atoms with Gasteiger partial charge in [-0.15, -0.1) is 0 Å². The SMILES string of the molecule is COc1cc2ncnc(OCCCNSNC(=O)OC(C)(C)C)c2cc1OC. The summed E-state index contributed by atoms with van der Waals surface area (Å²) >= 11 is 1.07. The smallest absolute Gasteiger partial charge is 0.418 e. The number of methoxy groups -OCH3 is 2. The minimum atomic E-state index is -0.522. The molecule has 0 aliphatic rings. The van der Waals surface area contributed by atoms with Crippen molar-refractivity contribution in [2.45, 2.75) is 32.8 Å². The predicted octanol–water partition coefficient (Wildman–Crippen LogP) is 3.09. The van der Waals surface area contributed by atoms with Gasteiger partial charge < -0.3 is 18.9 Å². The van der Waals surface area contributed by atoms with E-state index in [1.54, 1.807) is 26.4 Å². The molecular weight excluding hydrogens is 384 g/mol. The van der Waals surface area contributed by atoms with Crippen molar-refractivity contribution in [1.82, 2.24) is 19.4 Å². The number of rotatable bonds is 9. The first kappa shape index (κ1) is 21.8. The number of nitrogens with one attached hydrogen (secondary N) is 2. The molecule has 1 amide bonds. The van der Waals surface area contributed by atoms with Crippen LogP contribution in [0.25, 0.3) is 10.9 Å². The van der Waals surface area contributed by atoms with Crippen molar-refractivity contribution in [3.05, 3.63) is 18.5 Å². The number of nitrogens with zero attached hydrogens (tertiary/aromatic N) is 2. The molecule has 0 aliphatic carbocycles. The third kappa shape index (κ3) is 6.61. The highest BCUT2D eigenvalue weighted by atomic mass is 32.2. The molecule has 0 aliphatic heterocycles. The third-order valence-corrected chi connectivity index (χ3v) is 3.99. The Bertz CT molecular complexity index is 797. The van der Waals surface area contributed by atoms with Gasteiger partial charge in [0.1, 0.15) is 11.9 Å². The number of carbonyl (C=O) groups is 1. The van der Waals surface area contributed by atoms with Crippen molar-refractivity contribution in [3.63, 3.8) is 0 Å². The van der Waals surface area contributed by atoms with Crippen LogP contribution >= 0.6 is 12.1 Å². The van der Waals surface area contributed by atoms with Crippen LogP contribution in [0.2, 0.25) is 0 Å². The van der Waals surface area contributed by atoms with Crippen molar-refractivity contribution < 1.29 is 23.7 Å². The first-order chi connectivity index (χ1) is 13.3. The maximum Gasteiger partial charge on any atom is 0.418 e. The molecule has 0 saturated carbocycles. The van der Waals surface area contributed by atoms with Gasteiger partial charge in [-0.25, -0.2) is 19.5 Å². The maximum absolute atomic E-state index is 11.5. The van der Waals surface area contributed by atoms with E-state index < -0.39 is 11.7 Å². The molecule has 0 fully saturated rings. The summed E-state index contributed by atoms with van der Waals surface area (Å²) in [4.78, 5) is 19.9. The van der Waals surface area contributed by atoms with E-state index in [0.29, 0.717) is 42.5 Å². The topological polar surface area (TPSA) is 104 Å². The second-order valence-electron chi connectivity index (χ2n) is 6.71. The standard InChI is InChI=1S/C18H26N4O5S/c1-18(2,3)27-17(23)22-28-21-7-6-8-26-16-12-9-14(24-4)15(25-5)10-13(12)19-11-20-16/h9-11,21H,6-8H2,1-5H3,(H,22,23). The van der Waals surface area contributed by atoms with E-state index in [9.17, 15) is 4.79 Å². The molecule has 0 bridgehead atoms. The van der Waals surface area contributed by atoms with Crippen molar-refractivity contribution in [3.8, 4) is 17.4 Å². The Morgan fingerprint density at radius 1 is 1.14 bits per heavy atom. The van der Waals surface area contributed by atoms with E-state index in [1.165, 1.54) is 6.33 Å². The quantitative estimate of drug-likeness (QED) is 0.477. The fraction of sp³-hybridized carbons (Fsp3) is 0.500. The first-order valence-electron chi connectivity index (χ1n) is 8.71. The molecule has 1 aromatic carbocycles. The molecule has 1 aromatic heterocycles. The number of amides is 1. The van der Waals surface area contributed by atoms with Crippen LogP contribution in [0.15, 0.2) is 18.5 Å². The number of carbonyl (C=O) groups excluding carboxylic acids is 1. The maximum atomic E-state index is 11.5. The van der Waals surface area contributed by atoms with Crippen LogP contribution in [-0.2, 0) is 4.74 Å². The summed E-state index contributed by atoms with van der Waals surface area (Å²) in [5.41, 5.74) is 0.184. The molecule has 10 heteroatoms. The first-order valence-corrected chi connectivity index (χ1v) is 9.53. The Hall–Kier alpha value is -2.46. The van der Waals surface area contributed by atoms with Gasteiger partial charge in [0.15, 0.2) is 11.5 Å². The lowest BCUT2D eigenvalue weighted by atomic mass is 10.2. The van der Waals surface area contributed by atoms with Crippen LogP contribution in [-0.4, -0.2) is 49.0 Å². The van der Waals surface area contributed by atoms with E-state index in [2.05, 4.69) is 19.4 Å². The van der Waals surface area contributed by atoms with Crippen LogP contribution < -0.4 is 23.7 Å². The van der Waals surface area contributed by atoms with Gasteiger partial charge >= 0.3 is 6.09 Å². The Labute approximate surface area is 168 Å². The molecule has 28 heavy (non-hydrogen) atoms. The molecule has 0 unspecified atom stereocenters. The zero-order valence-corrected chi connectivity index (χ0v) is 17.5. The molecule has 154 valence electrons. The lowest BCUT2D eigenvalue weighted by Gasteiger charge is -2.19. The highest BCUT2D eigenvalue weighted by Gasteiger charge is 2.15. The van der Waals surface area contributed by atoms with Crippen molar-refractivity contribution in [2.75, 3.05) is 27.4 Å². The predicted molar refractivity (Wildman–Crippen MR) is 108 cm³/mol. The molecule has 0 saturated heterocycles. The van der Waals surface area contributed by atoms with Crippen molar-refractivity contribution in [1.29, 1.82) is 0 Å². The number of hydrogen-bond acceptors (Lipinski definition) is 9. The average Bonchev–Trinajstić information content (AvgIpc) is 2.64. The average molecular weight is 410 g/mol. The number of aromatic nitrogens is 2. The largest absolute Gasteiger partial charge is 0.493 e. The van der Waals surface area contributed by atoms with E-state index in [4.69, 9.17) is 18.9 Å². The van der Waals surface area contributed by atoms with Crippen molar-refractivity contribution >= 4 is 29.1 Å². The van der Waals surface area contributed by atoms with E-state index in [1.807, 2.05) is 20.8 Å². The molecule has 2 N–H and O–H groups in total. The molecule has 0 spiro atoms. The molecule has 1 heterocycles. The number of fused-ring (bicyclic) bond motifs is 1. The lowest BCUT2D eigenvalue weighted by Crippen LogP contribution is -2.30. The summed E-state index contributed by atoms with van der Waals surface area (Å²) in [7, 11) is 3.15. The van der Waals surface area contributed by atoms with Crippen LogP contribution in [0.3, 0.4) is 0 Å². The second-order valence-corrected chi connectivity index (χ2v) is 7.40. The van der Waals surface area contributed by atoms with Gasteiger partial charge in [0, 0.05) is 24.7 Å². The van der Waals surface area contributed by atoms with Gasteiger partial charge in [-0.3, -0.25) is 4.72 Å². The van der Waals surface area contributed by atoms with Gasteiger partial charge in [-0.2, -0.15) is 0 Å². The van der Waals surface area contributed by atoms with E-state index in [-0.39, 0.29) is 0 Å². The molecule has 2 aromatic rings. The monoisotopic (exact) mass is 410 g/mol. The minimum absolute atomic E-state index is 0.445. The third-order valence-electron chi connectivity index (χ3n) is 3.37. The Balaban J connectivity index is 1.79. The fourth-order valence-corrected chi connectivity index (χ4v) is 2.66. The Morgan fingerprint density at radius 3 is 2.54 bits per heavy atom. The summed E-state index contributed by atoms with van der Waals surface area (Å²) in [6.07, 6.45) is 1.67. The molecule has 0 radical (unpaired) electrons. The number of benzene rings is 1. The molecule has 2 rings (SSSR count). The summed E-state index contributed by atoms with van der Waals surface area (Å²) in [6, 6.07) is 3.57. The van der Waals surface area contributed by atoms with Crippen LogP contribution in [0, 0.1) is 0 Å². The number of ether oxygens (including phenoxy) is 4. The lowest BCUT2D eigenvalue weighted by molar-refractivity contribution is 0.0574. The zero-order chi connectivity index (χ0) is 20.6. The summed E-state index contributed by atoms with van der Waals surface area (Å²) in [5, 5.41) is 0.745. The second kappa shape index (κ2) is 10.2. The van der Waals surface area contributed by atoms with E-state index >= 15 is 0 Å². The van der Waals surface area contributed by atoms with Gasteiger partial charge in [0.2, 0.25) is 5.88 Å². The molecule has 0 atom stereocenters. The fourth-order valence-electron chi connectivity index (χ4n) is 2.22. The van der Waals surface area contributed by atoms with Gasteiger partial charge in [0.05, 0.1) is 31.7 Å². The Morgan fingerprint density at radius 2 is 1.86 bits per heavy atom. The summed E-state index contributed by atoms with van der Waals surface area (Å²) < 4.78 is 27.1. The van der Waals surface area contributed by atoms with Crippen LogP contribution in [0.4, 0.5) is 4.79 Å². The normalized spacial score (nSPS) is 11.2.